The highest BCUT2D eigenvalue weighted by Gasteiger charge is 2.31. The summed E-state index contributed by atoms with van der Waals surface area (Å²) in [6, 6.07) is 19.3. The van der Waals surface area contributed by atoms with Gasteiger partial charge in [0.2, 0.25) is 0 Å². The van der Waals surface area contributed by atoms with Crippen LogP contribution in [0.15, 0.2) is 73.1 Å². The summed E-state index contributed by atoms with van der Waals surface area (Å²) in [5, 5.41) is 13.9. The van der Waals surface area contributed by atoms with Crippen LogP contribution in [0, 0.1) is 6.92 Å². The summed E-state index contributed by atoms with van der Waals surface area (Å²) in [7, 11) is 0. The summed E-state index contributed by atoms with van der Waals surface area (Å²) in [5.41, 5.74) is 3.90. The molecule has 1 aliphatic rings. The van der Waals surface area contributed by atoms with Crippen molar-refractivity contribution in [3.8, 4) is 5.69 Å². The van der Waals surface area contributed by atoms with Gasteiger partial charge in [-0.15, -0.1) is 5.10 Å². The lowest BCUT2D eigenvalue weighted by molar-refractivity contribution is 0.0977. The zero-order chi connectivity index (χ0) is 23.1. The van der Waals surface area contributed by atoms with E-state index in [1.54, 1.807) is 17.1 Å². The van der Waals surface area contributed by atoms with Gasteiger partial charge < -0.3 is 5.32 Å². The molecule has 1 atom stereocenters. The Bertz CT molecular complexity index is 1500. The third kappa shape index (κ3) is 3.39. The van der Waals surface area contributed by atoms with Crippen LogP contribution in [0.3, 0.4) is 0 Å². The quantitative estimate of drug-likeness (QED) is 0.450. The molecule has 6 rings (SSSR count). The van der Waals surface area contributed by atoms with Crippen molar-refractivity contribution in [3.05, 3.63) is 84.2 Å². The number of carbonyl (C=O) groups is 1. The first kappa shape index (κ1) is 20.4. The topological polar surface area (TPSA) is 88.8 Å². The Morgan fingerprint density at radius 2 is 1.91 bits per heavy atom. The Kier molecular flexibility index (Phi) is 5.00. The van der Waals surface area contributed by atoms with Crippen LogP contribution in [0.1, 0.15) is 22.3 Å². The number of nitrogens with one attached hydrogen (secondary N) is 1. The lowest BCUT2D eigenvalue weighted by atomic mass is 10.0. The Morgan fingerprint density at radius 1 is 1.03 bits per heavy atom. The second-order valence-corrected chi connectivity index (χ2v) is 8.52. The van der Waals surface area contributed by atoms with Crippen LogP contribution in [0.2, 0.25) is 0 Å². The molecule has 1 aliphatic heterocycles. The molecule has 0 aliphatic carbocycles. The van der Waals surface area contributed by atoms with Crippen molar-refractivity contribution in [2.75, 3.05) is 18.0 Å². The lowest BCUT2D eigenvalue weighted by Crippen LogP contribution is -2.42. The van der Waals surface area contributed by atoms with Gasteiger partial charge in [0.25, 0.3) is 5.91 Å². The standard InChI is InChI=1S/C26H23N7O/c1-17-4-2-5-18-11-15-29-25(23(17)18)32(21-12-14-27-16-21)26(34)19-7-9-20(10-8-19)33-24-22(30-31-33)6-3-13-28-24/h2-11,13,15,21,27H,12,14,16H2,1H3. The molecule has 0 saturated carbocycles. The van der Waals surface area contributed by atoms with Crippen molar-refractivity contribution in [1.82, 2.24) is 30.3 Å². The van der Waals surface area contributed by atoms with E-state index in [1.165, 1.54) is 0 Å². The zero-order valence-electron chi connectivity index (χ0n) is 18.7. The number of benzene rings is 2. The number of amides is 1. The van der Waals surface area contributed by atoms with E-state index < -0.39 is 0 Å². The van der Waals surface area contributed by atoms with Crippen molar-refractivity contribution < 1.29 is 4.79 Å². The van der Waals surface area contributed by atoms with Crippen LogP contribution in [-0.4, -0.2) is 50.0 Å². The average Bonchev–Trinajstić information content (AvgIpc) is 3.55. The molecule has 1 saturated heterocycles. The molecule has 0 radical (unpaired) electrons. The maximum absolute atomic E-state index is 13.9. The number of carbonyl (C=O) groups excluding carboxylic acids is 1. The summed E-state index contributed by atoms with van der Waals surface area (Å²) >= 11 is 0. The molecule has 2 aromatic carbocycles. The molecule has 3 aromatic heterocycles. The van der Waals surface area contributed by atoms with Crippen LogP contribution < -0.4 is 10.2 Å². The molecule has 34 heavy (non-hydrogen) atoms. The van der Waals surface area contributed by atoms with Gasteiger partial charge in [0.1, 0.15) is 11.3 Å². The van der Waals surface area contributed by atoms with E-state index >= 15 is 0 Å². The van der Waals surface area contributed by atoms with Gasteiger partial charge in [-0.1, -0.05) is 23.4 Å². The Morgan fingerprint density at radius 3 is 2.74 bits per heavy atom. The van der Waals surface area contributed by atoms with E-state index in [1.807, 2.05) is 53.4 Å². The highest BCUT2D eigenvalue weighted by Crippen LogP contribution is 2.31. The molecule has 1 N–H and O–H groups in total. The molecular formula is C26H23N7O. The van der Waals surface area contributed by atoms with Gasteiger partial charge in [0.05, 0.1) is 11.7 Å². The molecule has 8 nitrogen and oxygen atoms in total. The molecule has 4 heterocycles. The molecule has 5 aromatic rings. The highest BCUT2D eigenvalue weighted by atomic mass is 16.2. The van der Waals surface area contributed by atoms with Crippen molar-refractivity contribution in [2.45, 2.75) is 19.4 Å². The van der Waals surface area contributed by atoms with E-state index in [4.69, 9.17) is 4.98 Å². The maximum atomic E-state index is 13.9. The number of fused-ring (bicyclic) bond motifs is 2. The molecule has 1 unspecified atom stereocenters. The van der Waals surface area contributed by atoms with Gasteiger partial charge in [-0.05, 0) is 73.3 Å². The second-order valence-electron chi connectivity index (χ2n) is 8.52. The predicted molar refractivity (Wildman–Crippen MR) is 131 cm³/mol. The first-order chi connectivity index (χ1) is 16.7. The number of hydrogen-bond donors (Lipinski definition) is 1. The predicted octanol–water partition coefficient (Wildman–Crippen LogP) is 3.68. The number of aromatic nitrogens is 5. The minimum atomic E-state index is -0.0647. The summed E-state index contributed by atoms with van der Waals surface area (Å²) in [5.74, 6) is 0.648. The Balaban J connectivity index is 1.41. The maximum Gasteiger partial charge on any atom is 0.259 e. The second kappa shape index (κ2) is 8.31. The summed E-state index contributed by atoms with van der Waals surface area (Å²) < 4.78 is 1.68. The van der Waals surface area contributed by atoms with Gasteiger partial charge in [-0.2, -0.15) is 4.68 Å². The molecule has 0 bridgehead atoms. The van der Waals surface area contributed by atoms with Gasteiger partial charge in [-0.3, -0.25) is 9.69 Å². The summed E-state index contributed by atoms with van der Waals surface area (Å²) in [6.07, 6.45) is 4.38. The van der Waals surface area contributed by atoms with Gasteiger partial charge in [0, 0.05) is 29.9 Å². The number of nitrogens with zero attached hydrogens (tertiary/aromatic N) is 6. The normalized spacial score (nSPS) is 15.7. The molecular weight excluding hydrogens is 426 g/mol. The van der Waals surface area contributed by atoms with Crippen LogP contribution in [0.4, 0.5) is 5.82 Å². The molecule has 168 valence electrons. The fourth-order valence-electron chi connectivity index (χ4n) is 4.69. The van der Waals surface area contributed by atoms with Gasteiger partial charge in [0.15, 0.2) is 5.65 Å². The Labute approximate surface area is 196 Å². The van der Waals surface area contributed by atoms with E-state index in [0.29, 0.717) is 17.0 Å². The van der Waals surface area contributed by atoms with Crippen LogP contribution in [-0.2, 0) is 0 Å². The van der Waals surface area contributed by atoms with E-state index in [9.17, 15) is 4.79 Å². The van der Waals surface area contributed by atoms with Crippen molar-refractivity contribution >= 4 is 33.7 Å². The minimum absolute atomic E-state index is 0.0355. The van der Waals surface area contributed by atoms with Crippen LogP contribution in [0.5, 0.6) is 0 Å². The lowest BCUT2D eigenvalue weighted by Gasteiger charge is -2.29. The van der Waals surface area contributed by atoms with Crippen LogP contribution >= 0.6 is 0 Å². The summed E-state index contributed by atoms with van der Waals surface area (Å²) in [6.45, 7) is 3.68. The first-order valence-electron chi connectivity index (χ1n) is 11.4. The fourth-order valence-corrected chi connectivity index (χ4v) is 4.69. The highest BCUT2D eigenvalue weighted by molar-refractivity contribution is 6.10. The van der Waals surface area contributed by atoms with E-state index in [-0.39, 0.29) is 11.9 Å². The Hall–Kier alpha value is -4.17. The monoisotopic (exact) mass is 449 g/mol. The largest absolute Gasteiger partial charge is 0.315 e. The zero-order valence-corrected chi connectivity index (χ0v) is 18.7. The van der Waals surface area contributed by atoms with Gasteiger partial charge in [-0.25, -0.2) is 9.97 Å². The smallest absolute Gasteiger partial charge is 0.259 e. The number of rotatable bonds is 4. The molecule has 1 amide bonds. The van der Waals surface area contributed by atoms with E-state index in [0.717, 1.165) is 47.1 Å². The van der Waals surface area contributed by atoms with E-state index in [2.05, 4.69) is 39.7 Å². The number of anilines is 1. The summed E-state index contributed by atoms with van der Waals surface area (Å²) in [4.78, 5) is 24.9. The molecule has 8 heteroatoms. The number of aryl methyl sites for hydroxylation is 1. The first-order valence-corrected chi connectivity index (χ1v) is 11.4. The fraction of sp³-hybridized carbons (Fsp3) is 0.192. The average molecular weight is 450 g/mol. The third-order valence-electron chi connectivity index (χ3n) is 6.39. The molecule has 0 spiro atoms. The number of pyridine rings is 2. The molecule has 1 fully saturated rings. The minimum Gasteiger partial charge on any atom is -0.315 e. The van der Waals surface area contributed by atoms with Crippen molar-refractivity contribution in [1.29, 1.82) is 0 Å². The SMILES string of the molecule is Cc1cccc2ccnc(N(C(=O)c3ccc(-n4nnc5cccnc54)cc3)C3CCNC3)c12. The van der Waals surface area contributed by atoms with Crippen molar-refractivity contribution in [3.63, 3.8) is 0 Å². The van der Waals surface area contributed by atoms with Crippen molar-refractivity contribution in [2.24, 2.45) is 0 Å². The third-order valence-corrected chi connectivity index (χ3v) is 6.39. The van der Waals surface area contributed by atoms with Crippen LogP contribution in [0.25, 0.3) is 27.6 Å². The van der Waals surface area contributed by atoms with Gasteiger partial charge >= 0.3 is 0 Å². The number of hydrogen-bond acceptors (Lipinski definition) is 6.